The minimum absolute atomic E-state index is 0. The number of piperidine rings is 3. The third-order valence-corrected chi connectivity index (χ3v) is 27.7. The van der Waals surface area contributed by atoms with Crippen molar-refractivity contribution in [3.05, 3.63) is 130 Å². The smallest absolute Gasteiger partial charge is 0.481 e. The summed E-state index contributed by atoms with van der Waals surface area (Å²) in [7, 11) is -1.61. The number of nitrogens with one attached hydrogen (secondary N) is 6. The number of rotatable bonds is 23. The van der Waals surface area contributed by atoms with Crippen molar-refractivity contribution in [3.8, 4) is 56.3 Å². The van der Waals surface area contributed by atoms with Crippen molar-refractivity contribution < 1.29 is 53.4 Å². The third-order valence-electron chi connectivity index (χ3n) is 21.2. The Kier molecular flexibility index (Phi) is 31.6. The van der Waals surface area contributed by atoms with E-state index in [4.69, 9.17) is 24.4 Å². The van der Waals surface area contributed by atoms with Crippen LogP contribution in [0.3, 0.4) is 0 Å². The van der Waals surface area contributed by atoms with Gasteiger partial charge in [0.05, 0.1) is 88.6 Å². The lowest BCUT2D eigenvalue weighted by Gasteiger charge is -2.39. The Balaban J connectivity index is 0.000000162. The van der Waals surface area contributed by atoms with E-state index in [1.807, 2.05) is 113 Å². The zero-order valence-electron chi connectivity index (χ0n) is 67.1. The van der Waals surface area contributed by atoms with Crippen molar-refractivity contribution in [1.82, 2.24) is 60.8 Å². The van der Waals surface area contributed by atoms with Crippen molar-refractivity contribution in [3.63, 3.8) is 0 Å². The SMILES string of the molecule is C.CCNC(=O)Nc1nc2cc(-c3csc(N4CCC(CC)(C(=O)O)CC4)n3)cc(-c3ccccn3)c2s1.CCNC(=O)Nc1nc2cc(-c3csc(N4CCC(CC)(C(=O)OCC)CC4)n3)cc(-c3ccccn3)c2s1.CCNC(=O)Nc1nc2cc(B(O)O)cc(-c3ccccn3)c2s1.CCOC(=O)C1(CC)CCN(c2nc(Br)cs2)CC1. The number of carbonyl (C=O) groups excluding carboxylic acids is 5. The molecule has 3 aliphatic heterocycles. The topological polar surface area (TPSA) is 379 Å². The second-order valence-corrected chi connectivity index (χ2v) is 34.6. The molecule has 0 saturated carbocycles. The number of carboxylic acid groups (broad SMARTS) is 1. The molecule has 6 amide bonds. The first-order valence-electron chi connectivity index (χ1n) is 39.5. The van der Waals surface area contributed by atoms with Gasteiger partial charge in [-0.05, 0) is 181 Å². The summed E-state index contributed by atoms with van der Waals surface area (Å²) < 4.78 is 14.2. The molecule has 0 unspecified atom stereocenters. The zero-order valence-corrected chi connectivity index (χ0v) is 73.6. The van der Waals surface area contributed by atoms with Crippen molar-refractivity contribution in [2.75, 3.05) is 103 Å². The number of aromatic nitrogens is 9. The number of anilines is 6. The van der Waals surface area contributed by atoms with Gasteiger partial charge in [0.15, 0.2) is 30.8 Å². The van der Waals surface area contributed by atoms with E-state index in [1.165, 1.54) is 34.0 Å². The van der Waals surface area contributed by atoms with Gasteiger partial charge in [0.2, 0.25) is 0 Å². The molecule has 15 rings (SSSR count). The summed E-state index contributed by atoms with van der Waals surface area (Å²) in [6.07, 6.45) is 11.9. The number of thiazole rings is 6. The number of carboxylic acids is 1. The average Bonchev–Trinajstić information content (AvgIpc) is 1.63. The second kappa shape index (κ2) is 41.8. The molecule has 0 aliphatic carbocycles. The maximum absolute atomic E-state index is 12.6. The fourth-order valence-corrected chi connectivity index (χ4v) is 20.3. The highest BCUT2D eigenvalue weighted by Gasteiger charge is 2.44. The number of aliphatic carboxylic acids is 1. The van der Waals surface area contributed by atoms with Crippen LogP contribution in [0.15, 0.2) is 130 Å². The molecule has 0 spiro atoms. The average molecular weight is 1810 g/mol. The molecule has 3 saturated heterocycles. The molecular formula is C83H98BBrN18O11S6. The number of ether oxygens (including phenoxy) is 2. The molecule has 3 aromatic carbocycles. The second-order valence-electron chi connectivity index (χ2n) is 28.3. The molecular weight excluding hydrogens is 1710 g/mol. The van der Waals surface area contributed by atoms with Crippen LogP contribution in [0.4, 0.5) is 45.2 Å². The quantitative estimate of drug-likeness (QED) is 0.0212. The maximum atomic E-state index is 12.6. The molecule has 37 heteroatoms. The number of halogens is 1. The standard InChI is InChI=1S/C28H32N6O3S2.C26H28N6O3S2.C15H15BN4O3S.C13H19BrN2O2S.CH4/c1-4-28(24(35)37-6-3)10-13-34(14-11-28)27-32-22(17-38-27)18-15-19(20-9-7-8-12-30-20)23-21(16-18)31-26(39-23)33-25(36)29-5-2;1-3-26(22(33)34)8-11-32(12-9-26)25-30-20(15-36-25)16-13-17(18-7-5-6-10-28-18)21-19(14-16)29-24(37-21)31-23(35)27-4-2;1-2-17-14(21)20-15-19-12-8-9(16(22)23)7-10(13(12)24-15)11-5-3-4-6-18-11;1-3-13(11(17)18-4-2)5-7-16(8-6-13)12-15-10(14)9-19-12;/h7-9,12,15-17H,4-6,10-11,13-14H2,1-3H3,(H2,29,31,33,36);5-7,10,13-15H,3-4,8-9,11-12H2,1-2H3,(H,33,34)(H2,27,29,31,35);3-8,22-23H,2H2,1H3,(H2,17,19,20,21);9H,3-8H2,1-2H3;1H4. The van der Waals surface area contributed by atoms with Crippen LogP contribution in [0.5, 0.6) is 0 Å². The van der Waals surface area contributed by atoms with Crippen molar-refractivity contribution in [2.45, 2.75) is 121 Å². The summed E-state index contributed by atoms with van der Waals surface area (Å²) in [5.41, 5.74) is 9.58. The lowest BCUT2D eigenvalue weighted by Crippen LogP contribution is -2.45. The third kappa shape index (κ3) is 21.5. The van der Waals surface area contributed by atoms with Crippen LogP contribution in [-0.2, 0) is 23.9 Å². The fourth-order valence-electron chi connectivity index (χ4n) is 14.3. The van der Waals surface area contributed by atoms with Gasteiger partial charge >= 0.3 is 43.1 Å². The number of hydrogen-bond donors (Lipinski definition) is 9. The molecule has 12 heterocycles. The predicted octanol–water partition coefficient (Wildman–Crippen LogP) is 17.2. The van der Waals surface area contributed by atoms with E-state index in [9.17, 15) is 43.9 Å². The Morgan fingerprint density at radius 2 is 0.792 bits per heavy atom. The molecule has 12 aromatic rings. The number of fused-ring (bicyclic) bond motifs is 3. The Morgan fingerprint density at radius 3 is 1.10 bits per heavy atom. The van der Waals surface area contributed by atoms with Gasteiger partial charge in [-0.25, -0.2) is 44.3 Å². The van der Waals surface area contributed by atoms with Gasteiger partial charge in [-0.2, -0.15) is 0 Å². The van der Waals surface area contributed by atoms with Gasteiger partial charge in [-0.1, -0.05) is 86.5 Å². The van der Waals surface area contributed by atoms with E-state index >= 15 is 0 Å². The molecule has 3 fully saturated rings. The number of amides is 6. The molecule has 0 bridgehead atoms. The molecule has 29 nitrogen and oxygen atoms in total. The summed E-state index contributed by atoms with van der Waals surface area (Å²) in [5.74, 6) is -0.807. The Hall–Kier alpha value is -10.2. The highest BCUT2D eigenvalue weighted by atomic mass is 79.9. The molecule has 9 aromatic heterocycles. The van der Waals surface area contributed by atoms with Crippen LogP contribution in [-0.4, -0.2) is 175 Å². The van der Waals surface area contributed by atoms with Gasteiger partial charge in [0.25, 0.3) is 0 Å². The normalized spacial score (nSPS) is 14.5. The number of carbonyl (C=O) groups is 6. The van der Waals surface area contributed by atoms with Crippen LogP contribution in [0, 0.1) is 16.2 Å². The van der Waals surface area contributed by atoms with Crippen molar-refractivity contribution in [1.29, 1.82) is 0 Å². The fraction of sp³-hybridized carbons (Fsp3) is 0.386. The molecule has 9 N–H and O–H groups in total. The zero-order chi connectivity index (χ0) is 84.4. The van der Waals surface area contributed by atoms with Gasteiger partial charge in [0, 0.05) is 121 Å². The summed E-state index contributed by atoms with van der Waals surface area (Å²) in [5, 5.41) is 55.6. The number of pyridine rings is 3. The number of nitrogens with zero attached hydrogens (tertiary/aromatic N) is 12. The number of urea groups is 3. The first kappa shape index (κ1) is 90.5. The van der Waals surface area contributed by atoms with Crippen LogP contribution in [0.1, 0.15) is 121 Å². The van der Waals surface area contributed by atoms with Crippen LogP contribution in [0.25, 0.3) is 86.9 Å². The molecule has 3 aliphatic rings. The van der Waals surface area contributed by atoms with E-state index < -0.39 is 23.9 Å². The van der Waals surface area contributed by atoms with Crippen molar-refractivity contribution >= 4 is 194 Å². The van der Waals surface area contributed by atoms with Crippen molar-refractivity contribution in [2.24, 2.45) is 16.2 Å². The highest BCUT2D eigenvalue weighted by molar-refractivity contribution is 9.10. The first-order valence-corrected chi connectivity index (χ1v) is 45.4. The molecule has 0 radical (unpaired) electrons. The van der Waals surface area contributed by atoms with E-state index in [0.717, 1.165) is 160 Å². The first-order chi connectivity index (χ1) is 57.6. The largest absolute Gasteiger partial charge is 0.488 e. The lowest BCUT2D eigenvalue weighted by atomic mass is 9.76. The molecule has 0 atom stereocenters. The predicted molar refractivity (Wildman–Crippen MR) is 489 cm³/mol. The Labute approximate surface area is 729 Å². The summed E-state index contributed by atoms with van der Waals surface area (Å²) in [4.78, 5) is 121. The van der Waals surface area contributed by atoms with E-state index in [1.54, 1.807) is 70.8 Å². The van der Waals surface area contributed by atoms with Gasteiger partial charge < -0.3 is 55.3 Å². The highest BCUT2D eigenvalue weighted by Crippen LogP contribution is 2.46. The molecule has 120 heavy (non-hydrogen) atoms. The van der Waals surface area contributed by atoms with E-state index in [0.29, 0.717) is 97.3 Å². The summed E-state index contributed by atoms with van der Waals surface area (Å²) in [6, 6.07) is 27.6. The van der Waals surface area contributed by atoms with Crippen LogP contribution >= 0.6 is 84.0 Å². The monoisotopic (exact) mass is 1800 g/mol. The lowest BCUT2D eigenvalue weighted by molar-refractivity contribution is -0.158. The van der Waals surface area contributed by atoms with Gasteiger partial charge in [-0.15, -0.1) is 34.0 Å². The van der Waals surface area contributed by atoms with Gasteiger partial charge in [-0.3, -0.25) is 45.3 Å². The summed E-state index contributed by atoms with van der Waals surface area (Å²) in [6.45, 7) is 22.4. The van der Waals surface area contributed by atoms with E-state index in [2.05, 4.69) is 124 Å². The summed E-state index contributed by atoms with van der Waals surface area (Å²) >= 11 is 12.3. The van der Waals surface area contributed by atoms with Crippen LogP contribution < -0.4 is 52.1 Å². The number of benzene rings is 3. The van der Waals surface area contributed by atoms with E-state index in [-0.39, 0.29) is 42.9 Å². The number of esters is 2. The Bertz CT molecular complexity index is 5480. The minimum atomic E-state index is -1.61. The number of hydrogen-bond acceptors (Lipinski definition) is 28. The Morgan fingerprint density at radius 1 is 0.450 bits per heavy atom. The van der Waals surface area contributed by atoms with Crippen LogP contribution in [0.2, 0.25) is 0 Å². The maximum Gasteiger partial charge on any atom is 0.488 e. The van der Waals surface area contributed by atoms with Gasteiger partial charge in [0.1, 0.15) is 4.60 Å². The molecule has 632 valence electrons. The minimum Gasteiger partial charge on any atom is -0.481 e.